The molecule has 32 heavy (non-hydrogen) atoms. The third kappa shape index (κ3) is 6.22. The summed E-state index contributed by atoms with van der Waals surface area (Å²) < 4.78 is 40.4. The Kier molecular flexibility index (Phi) is 8.69. The highest BCUT2D eigenvalue weighted by atomic mass is 19.4. The Balaban J connectivity index is 0.000000451. The van der Waals surface area contributed by atoms with Gasteiger partial charge in [0.05, 0.1) is 6.54 Å². The van der Waals surface area contributed by atoms with Crippen LogP contribution in [0.1, 0.15) is 46.4 Å². The number of piperidine rings is 1. The summed E-state index contributed by atoms with van der Waals surface area (Å²) in [7, 11) is 0. The van der Waals surface area contributed by atoms with Gasteiger partial charge in [-0.2, -0.15) is 13.2 Å². The van der Waals surface area contributed by atoms with E-state index in [1.165, 1.54) is 0 Å². The number of aliphatic carboxylic acids is 1. The predicted octanol–water partition coefficient (Wildman–Crippen LogP) is 2.73. The van der Waals surface area contributed by atoms with Crippen LogP contribution in [-0.2, 0) is 26.5 Å². The Morgan fingerprint density at radius 1 is 1.28 bits per heavy atom. The molecule has 1 aromatic heterocycles. The van der Waals surface area contributed by atoms with Crippen LogP contribution in [0, 0.1) is 5.92 Å². The first-order valence-electron chi connectivity index (χ1n) is 10.9. The largest absolute Gasteiger partial charge is 0.490 e. The first kappa shape index (κ1) is 26.1. The number of aromatic nitrogens is 2. The van der Waals surface area contributed by atoms with Gasteiger partial charge in [0, 0.05) is 45.1 Å². The number of halogens is 3. The number of imidazole rings is 1. The highest BCUT2D eigenvalue weighted by molar-refractivity contribution is 5.81. The Morgan fingerprint density at radius 3 is 2.31 bits per heavy atom. The lowest BCUT2D eigenvalue weighted by atomic mass is 9.88. The third-order valence-electron chi connectivity index (χ3n) is 5.73. The van der Waals surface area contributed by atoms with Gasteiger partial charge in [-0.3, -0.25) is 4.79 Å². The first-order valence-corrected chi connectivity index (χ1v) is 10.9. The number of carbonyl (C=O) groups excluding carboxylic acids is 1. The zero-order chi connectivity index (χ0) is 24.1. The quantitative estimate of drug-likeness (QED) is 0.724. The number of carbonyl (C=O) groups is 2. The van der Waals surface area contributed by atoms with Gasteiger partial charge in [0.15, 0.2) is 6.10 Å². The van der Waals surface area contributed by atoms with Crippen LogP contribution < -0.4 is 0 Å². The molecule has 1 aromatic rings. The van der Waals surface area contributed by atoms with Crippen LogP contribution in [0.4, 0.5) is 13.2 Å². The Labute approximate surface area is 186 Å². The second-order valence-corrected chi connectivity index (χ2v) is 8.51. The number of hydrogen-bond acceptors (Lipinski definition) is 5. The van der Waals surface area contributed by atoms with Crippen molar-refractivity contribution >= 4 is 11.9 Å². The van der Waals surface area contributed by atoms with E-state index in [0.29, 0.717) is 12.5 Å². The van der Waals surface area contributed by atoms with Gasteiger partial charge in [0.1, 0.15) is 11.4 Å². The molecule has 8 nitrogen and oxygen atoms in total. The second-order valence-electron chi connectivity index (χ2n) is 8.51. The van der Waals surface area contributed by atoms with Gasteiger partial charge in [-0.1, -0.05) is 13.8 Å². The highest BCUT2D eigenvalue weighted by Gasteiger charge is 2.47. The smallest absolute Gasteiger partial charge is 0.475 e. The summed E-state index contributed by atoms with van der Waals surface area (Å²) >= 11 is 0. The molecule has 1 saturated heterocycles. The van der Waals surface area contributed by atoms with Gasteiger partial charge < -0.3 is 24.2 Å². The molecule has 1 N–H and O–H groups in total. The van der Waals surface area contributed by atoms with Crippen molar-refractivity contribution in [3.05, 3.63) is 18.2 Å². The number of alkyl halides is 3. The Hall–Kier alpha value is -2.14. The van der Waals surface area contributed by atoms with Crippen molar-refractivity contribution in [1.82, 2.24) is 19.4 Å². The number of amides is 1. The minimum Gasteiger partial charge on any atom is -0.475 e. The lowest BCUT2D eigenvalue weighted by Crippen LogP contribution is -2.54. The minimum absolute atomic E-state index is 0.105. The SMILES string of the molecule is CCN(CC)C(=O)C1Cn2ccnc2C2(CCN(CC(C)C)CC2)O1.O=C(O)C(F)(F)F. The van der Waals surface area contributed by atoms with Crippen LogP contribution in [0.25, 0.3) is 0 Å². The molecule has 182 valence electrons. The summed E-state index contributed by atoms with van der Waals surface area (Å²) in [5.74, 6) is -0.985. The van der Waals surface area contributed by atoms with Crippen molar-refractivity contribution in [2.75, 3.05) is 32.7 Å². The first-order chi connectivity index (χ1) is 14.9. The average Bonchev–Trinajstić information content (AvgIpc) is 3.20. The topological polar surface area (TPSA) is 87.9 Å². The number of likely N-dealkylation sites (tertiary alicyclic amines) is 1. The van der Waals surface area contributed by atoms with E-state index >= 15 is 0 Å². The Bertz CT molecular complexity index is 769. The van der Waals surface area contributed by atoms with E-state index in [4.69, 9.17) is 14.6 Å². The van der Waals surface area contributed by atoms with Crippen LogP contribution in [0.5, 0.6) is 0 Å². The molecule has 0 saturated carbocycles. The molecule has 1 atom stereocenters. The fourth-order valence-corrected chi connectivity index (χ4v) is 4.22. The number of rotatable bonds is 5. The Morgan fingerprint density at radius 2 is 1.84 bits per heavy atom. The van der Waals surface area contributed by atoms with E-state index in [0.717, 1.165) is 51.4 Å². The maximum atomic E-state index is 12.9. The molecular weight excluding hydrogens is 429 g/mol. The molecule has 1 unspecified atom stereocenters. The van der Waals surface area contributed by atoms with Crippen molar-refractivity contribution in [3.63, 3.8) is 0 Å². The van der Waals surface area contributed by atoms with Crippen molar-refractivity contribution < 1.29 is 32.6 Å². The van der Waals surface area contributed by atoms with Crippen LogP contribution in [0.15, 0.2) is 12.4 Å². The fourth-order valence-electron chi connectivity index (χ4n) is 4.22. The maximum Gasteiger partial charge on any atom is 0.490 e. The van der Waals surface area contributed by atoms with Gasteiger partial charge in [0.2, 0.25) is 0 Å². The summed E-state index contributed by atoms with van der Waals surface area (Å²) in [5.41, 5.74) is -0.414. The normalized spacial score (nSPS) is 20.4. The number of nitrogens with zero attached hydrogens (tertiary/aromatic N) is 4. The number of carboxylic acid groups (broad SMARTS) is 1. The molecule has 0 aliphatic carbocycles. The zero-order valence-corrected chi connectivity index (χ0v) is 19.1. The second kappa shape index (κ2) is 10.7. The van der Waals surface area contributed by atoms with E-state index in [1.54, 1.807) is 0 Å². The average molecular weight is 463 g/mol. The van der Waals surface area contributed by atoms with Gasteiger partial charge in [-0.15, -0.1) is 0 Å². The van der Waals surface area contributed by atoms with Crippen molar-refractivity contribution in [1.29, 1.82) is 0 Å². The molecule has 1 fully saturated rings. The van der Waals surface area contributed by atoms with Crippen molar-refractivity contribution in [3.8, 4) is 0 Å². The molecule has 1 spiro atoms. The van der Waals surface area contributed by atoms with Crippen LogP contribution in [0.3, 0.4) is 0 Å². The summed E-state index contributed by atoms with van der Waals surface area (Å²) in [6, 6.07) is 0. The molecular formula is C21H33F3N4O4. The molecule has 0 radical (unpaired) electrons. The van der Waals surface area contributed by atoms with Crippen molar-refractivity contribution in [2.24, 2.45) is 5.92 Å². The zero-order valence-electron chi connectivity index (χ0n) is 19.1. The van der Waals surface area contributed by atoms with Gasteiger partial charge in [0.25, 0.3) is 5.91 Å². The molecule has 11 heteroatoms. The van der Waals surface area contributed by atoms with Gasteiger partial charge in [-0.25, -0.2) is 9.78 Å². The van der Waals surface area contributed by atoms with E-state index < -0.39 is 23.9 Å². The minimum atomic E-state index is -5.08. The molecule has 2 aliphatic heterocycles. The molecule has 2 aliphatic rings. The number of fused-ring (bicyclic) bond motifs is 2. The molecule has 0 aromatic carbocycles. The summed E-state index contributed by atoms with van der Waals surface area (Å²) in [6.45, 7) is 13.7. The lowest BCUT2D eigenvalue weighted by molar-refractivity contribution is -0.192. The monoisotopic (exact) mass is 462 g/mol. The summed E-state index contributed by atoms with van der Waals surface area (Å²) in [5, 5.41) is 7.12. The van der Waals surface area contributed by atoms with Crippen LogP contribution in [-0.4, -0.2) is 81.3 Å². The number of likely N-dealkylation sites (N-methyl/N-ethyl adjacent to an activating group) is 1. The van der Waals surface area contributed by atoms with Crippen molar-refractivity contribution in [2.45, 2.75) is 65.0 Å². The summed E-state index contributed by atoms with van der Waals surface area (Å²) in [4.78, 5) is 30.7. The third-order valence-corrected chi connectivity index (χ3v) is 5.73. The molecule has 1 amide bonds. The van der Waals surface area contributed by atoms with Gasteiger partial charge >= 0.3 is 12.1 Å². The summed E-state index contributed by atoms with van der Waals surface area (Å²) in [6.07, 6.45) is 0.143. The van der Waals surface area contributed by atoms with Gasteiger partial charge in [-0.05, 0) is 32.6 Å². The standard InChI is InChI=1S/C19H32N4O2.C2HF3O2/c1-5-22(6-2)17(24)16-14-23-12-9-20-18(23)19(25-16)7-10-21(11-8-19)13-15(3)4;3-2(4,5)1(6)7/h9,12,15-16H,5-8,10-11,13-14H2,1-4H3;(H,6,7). The maximum absolute atomic E-state index is 12.9. The van der Waals surface area contributed by atoms with E-state index in [2.05, 4.69) is 28.3 Å². The predicted molar refractivity (Wildman–Crippen MR) is 111 cm³/mol. The fraction of sp³-hybridized carbons (Fsp3) is 0.762. The van der Waals surface area contributed by atoms with Crippen LogP contribution in [0.2, 0.25) is 0 Å². The van der Waals surface area contributed by atoms with E-state index in [9.17, 15) is 18.0 Å². The van der Waals surface area contributed by atoms with Crippen LogP contribution >= 0.6 is 0 Å². The lowest BCUT2D eigenvalue weighted by Gasteiger charge is -2.46. The molecule has 0 bridgehead atoms. The molecule has 3 rings (SSSR count). The van der Waals surface area contributed by atoms with E-state index in [1.807, 2.05) is 31.1 Å². The van der Waals surface area contributed by atoms with E-state index in [-0.39, 0.29) is 5.91 Å². The molecule has 3 heterocycles. The number of carboxylic acids is 1. The highest BCUT2D eigenvalue weighted by Crippen LogP contribution is 2.40. The number of ether oxygens (including phenoxy) is 1. The number of hydrogen-bond donors (Lipinski definition) is 1.